The largest absolute Gasteiger partial charge is 0.361 e. The first-order chi connectivity index (χ1) is 13.2. The quantitative estimate of drug-likeness (QED) is 0.301. The van der Waals surface area contributed by atoms with Crippen molar-refractivity contribution in [3.63, 3.8) is 0 Å². The number of hydrogen-bond donors (Lipinski definition) is 3. The highest BCUT2D eigenvalue weighted by molar-refractivity contribution is 5.99. The van der Waals surface area contributed by atoms with Gasteiger partial charge in [0.2, 0.25) is 5.91 Å². The van der Waals surface area contributed by atoms with Crippen LogP contribution in [0.2, 0.25) is 0 Å². The maximum absolute atomic E-state index is 11.8. The normalized spacial score (nSPS) is 11.1. The molecule has 146 valence electrons. The summed E-state index contributed by atoms with van der Waals surface area (Å²) in [5.74, 6) is -0.418. The number of H-pyrrole nitrogens is 1. The molecule has 0 unspecified atom stereocenters. The smallest absolute Gasteiger partial charge is 0.259 e. The molecule has 2 aromatic rings. The molecule has 6 nitrogen and oxygen atoms in total. The van der Waals surface area contributed by atoms with Crippen molar-refractivity contribution >= 4 is 28.9 Å². The number of hydrogen-bond acceptors (Lipinski definition) is 3. The molecule has 0 spiro atoms. The van der Waals surface area contributed by atoms with E-state index in [1.54, 1.807) is 6.21 Å². The fraction of sp³-hybridized carbons (Fsp3) is 0.476. The van der Waals surface area contributed by atoms with E-state index < -0.39 is 0 Å². The Morgan fingerprint density at radius 1 is 1.04 bits per heavy atom. The molecule has 0 aliphatic heterocycles. The van der Waals surface area contributed by atoms with Crippen molar-refractivity contribution in [3.8, 4) is 0 Å². The second kappa shape index (κ2) is 11.9. The van der Waals surface area contributed by atoms with E-state index in [2.05, 4.69) is 27.8 Å². The summed E-state index contributed by atoms with van der Waals surface area (Å²) >= 11 is 0. The maximum Gasteiger partial charge on any atom is 0.259 e. The number of fused-ring (bicyclic) bond motifs is 1. The molecule has 2 amide bonds. The lowest BCUT2D eigenvalue weighted by Gasteiger charge is -2.04. The molecule has 27 heavy (non-hydrogen) atoms. The van der Waals surface area contributed by atoms with Crippen LogP contribution < -0.4 is 10.7 Å². The van der Waals surface area contributed by atoms with Crippen LogP contribution in [-0.4, -0.2) is 29.6 Å². The Hall–Kier alpha value is -2.63. The van der Waals surface area contributed by atoms with Crippen molar-refractivity contribution in [2.75, 3.05) is 6.54 Å². The van der Waals surface area contributed by atoms with Crippen molar-refractivity contribution in [2.45, 2.75) is 58.3 Å². The third-order valence-corrected chi connectivity index (χ3v) is 4.47. The number of carbonyl (C=O) groups is 2. The Labute approximate surface area is 160 Å². The molecule has 0 atom stereocenters. The molecular weight excluding hydrogens is 340 g/mol. The summed E-state index contributed by atoms with van der Waals surface area (Å²) in [6, 6.07) is 7.87. The van der Waals surface area contributed by atoms with Gasteiger partial charge in [0.05, 0.1) is 12.8 Å². The van der Waals surface area contributed by atoms with E-state index in [0.29, 0.717) is 6.42 Å². The van der Waals surface area contributed by atoms with E-state index in [-0.39, 0.29) is 18.4 Å². The second-order valence-electron chi connectivity index (χ2n) is 6.73. The van der Waals surface area contributed by atoms with Gasteiger partial charge in [-0.15, -0.1) is 0 Å². The maximum atomic E-state index is 11.8. The number of nitrogens with one attached hydrogen (secondary N) is 3. The highest BCUT2D eigenvalue weighted by Crippen LogP contribution is 2.15. The Morgan fingerprint density at radius 2 is 1.78 bits per heavy atom. The van der Waals surface area contributed by atoms with Gasteiger partial charge in [0, 0.05) is 29.1 Å². The standard InChI is InChI=1S/C21H30N4O2/c1-2-3-4-5-6-7-8-13-20(26)23-16-21(27)25-24-15-17-14-22-19-12-10-9-11-18(17)19/h9-12,14-15,22H,2-8,13,16H2,1H3,(H,23,26)(H,25,27). The van der Waals surface area contributed by atoms with Crippen molar-refractivity contribution in [1.82, 2.24) is 15.7 Å². The van der Waals surface area contributed by atoms with Crippen molar-refractivity contribution in [1.29, 1.82) is 0 Å². The predicted octanol–water partition coefficient (Wildman–Crippen LogP) is 3.87. The number of benzene rings is 1. The van der Waals surface area contributed by atoms with Crippen LogP contribution in [0.1, 0.15) is 63.9 Å². The highest BCUT2D eigenvalue weighted by Gasteiger charge is 2.05. The monoisotopic (exact) mass is 370 g/mol. The Balaban J connectivity index is 1.58. The third-order valence-electron chi connectivity index (χ3n) is 4.47. The number of aromatic nitrogens is 1. The number of rotatable bonds is 12. The number of aromatic amines is 1. The summed E-state index contributed by atoms with van der Waals surface area (Å²) in [7, 11) is 0. The van der Waals surface area contributed by atoms with Crippen molar-refractivity contribution < 1.29 is 9.59 Å². The van der Waals surface area contributed by atoms with E-state index in [0.717, 1.165) is 29.3 Å². The summed E-state index contributed by atoms with van der Waals surface area (Å²) in [5.41, 5.74) is 4.35. The molecular formula is C21H30N4O2. The van der Waals surface area contributed by atoms with Crippen LogP contribution in [0.3, 0.4) is 0 Å². The number of nitrogens with zero attached hydrogens (tertiary/aromatic N) is 1. The van der Waals surface area contributed by atoms with Gasteiger partial charge >= 0.3 is 0 Å². The molecule has 1 heterocycles. The molecule has 2 rings (SSSR count). The van der Waals surface area contributed by atoms with Crippen LogP contribution in [0.5, 0.6) is 0 Å². The molecule has 1 aromatic heterocycles. The lowest BCUT2D eigenvalue weighted by Crippen LogP contribution is -2.34. The molecule has 0 fully saturated rings. The van der Waals surface area contributed by atoms with Crippen molar-refractivity contribution in [3.05, 3.63) is 36.0 Å². The van der Waals surface area contributed by atoms with Crippen LogP contribution in [0, 0.1) is 0 Å². The van der Waals surface area contributed by atoms with Gasteiger partial charge in [0.15, 0.2) is 0 Å². The molecule has 3 N–H and O–H groups in total. The lowest BCUT2D eigenvalue weighted by molar-refractivity contribution is -0.126. The Bertz CT molecular complexity index is 751. The molecule has 0 radical (unpaired) electrons. The average Bonchev–Trinajstić information content (AvgIpc) is 3.09. The van der Waals surface area contributed by atoms with Crippen LogP contribution in [0.15, 0.2) is 35.6 Å². The lowest BCUT2D eigenvalue weighted by atomic mass is 10.1. The van der Waals surface area contributed by atoms with E-state index in [9.17, 15) is 9.59 Å². The number of amides is 2. The number of hydrazone groups is 1. The zero-order chi connectivity index (χ0) is 19.3. The molecule has 6 heteroatoms. The third kappa shape index (κ3) is 7.64. The summed E-state index contributed by atoms with van der Waals surface area (Å²) in [5, 5.41) is 7.63. The van der Waals surface area contributed by atoms with Crippen molar-refractivity contribution in [2.24, 2.45) is 5.10 Å². The minimum atomic E-state index is -0.334. The van der Waals surface area contributed by atoms with Crippen LogP contribution >= 0.6 is 0 Å². The summed E-state index contributed by atoms with van der Waals surface area (Å²) in [4.78, 5) is 26.7. The average molecular weight is 370 g/mol. The van der Waals surface area contributed by atoms with Gasteiger partial charge in [-0.25, -0.2) is 5.43 Å². The number of carbonyl (C=O) groups excluding carboxylic acids is 2. The fourth-order valence-corrected chi connectivity index (χ4v) is 2.92. The predicted molar refractivity (Wildman–Crippen MR) is 110 cm³/mol. The minimum Gasteiger partial charge on any atom is -0.361 e. The van der Waals surface area contributed by atoms with Gasteiger partial charge in [-0.2, -0.15) is 5.10 Å². The molecule has 0 bridgehead atoms. The van der Waals surface area contributed by atoms with E-state index in [1.807, 2.05) is 30.5 Å². The molecule has 0 saturated heterocycles. The second-order valence-corrected chi connectivity index (χ2v) is 6.73. The molecule has 0 aliphatic rings. The van der Waals surface area contributed by atoms with Gasteiger partial charge in [0.25, 0.3) is 5.91 Å². The summed E-state index contributed by atoms with van der Waals surface area (Å²) in [6.45, 7) is 2.15. The van der Waals surface area contributed by atoms with Gasteiger partial charge in [-0.3, -0.25) is 9.59 Å². The summed E-state index contributed by atoms with van der Waals surface area (Å²) in [6.07, 6.45) is 12.1. The van der Waals surface area contributed by atoms with Gasteiger partial charge in [-0.1, -0.05) is 63.6 Å². The number of para-hydroxylation sites is 1. The fourth-order valence-electron chi connectivity index (χ4n) is 2.92. The van der Waals surface area contributed by atoms with Crippen LogP contribution in [0.4, 0.5) is 0 Å². The van der Waals surface area contributed by atoms with E-state index in [4.69, 9.17) is 0 Å². The Morgan fingerprint density at radius 3 is 2.59 bits per heavy atom. The molecule has 0 aliphatic carbocycles. The van der Waals surface area contributed by atoms with Crippen LogP contribution in [0.25, 0.3) is 10.9 Å². The van der Waals surface area contributed by atoms with Gasteiger partial charge in [0.1, 0.15) is 0 Å². The summed E-state index contributed by atoms with van der Waals surface area (Å²) < 4.78 is 0. The van der Waals surface area contributed by atoms with Gasteiger partial charge < -0.3 is 10.3 Å². The van der Waals surface area contributed by atoms with Crippen LogP contribution in [-0.2, 0) is 9.59 Å². The van der Waals surface area contributed by atoms with Gasteiger partial charge in [-0.05, 0) is 12.5 Å². The first-order valence-corrected chi connectivity index (χ1v) is 9.85. The number of unbranched alkanes of at least 4 members (excludes halogenated alkanes) is 6. The minimum absolute atomic E-state index is 0.0550. The first kappa shape index (κ1) is 20.7. The SMILES string of the molecule is CCCCCCCCCC(=O)NCC(=O)NN=Cc1c[nH]c2ccccc12. The first-order valence-electron chi connectivity index (χ1n) is 9.85. The van der Waals surface area contributed by atoms with E-state index >= 15 is 0 Å². The molecule has 0 saturated carbocycles. The topological polar surface area (TPSA) is 86.3 Å². The van der Waals surface area contributed by atoms with E-state index in [1.165, 1.54) is 32.1 Å². The zero-order valence-electron chi connectivity index (χ0n) is 16.1. The highest BCUT2D eigenvalue weighted by atomic mass is 16.2. The molecule has 1 aromatic carbocycles. The zero-order valence-corrected chi connectivity index (χ0v) is 16.1. The Kier molecular flexibility index (Phi) is 9.10.